The summed E-state index contributed by atoms with van der Waals surface area (Å²) in [5, 5.41) is 6.82. The van der Waals surface area contributed by atoms with Gasteiger partial charge in [-0.3, -0.25) is 9.89 Å². The summed E-state index contributed by atoms with van der Waals surface area (Å²) < 4.78 is 10.6. The Kier molecular flexibility index (Phi) is 12.6. The monoisotopic (exact) mass is 371 g/mol. The molecule has 1 atom stereocenters. The van der Waals surface area contributed by atoms with Gasteiger partial charge in [-0.1, -0.05) is 13.8 Å². The molecule has 1 fully saturated rings. The SMILES string of the molecule is CCNC(=NCC(CC(C)C)N1CCOCC1)NCCN(C)CCOC. The summed E-state index contributed by atoms with van der Waals surface area (Å²) in [5.74, 6) is 1.58. The third-order valence-electron chi connectivity index (χ3n) is 4.57. The van der Waals surface area contributed by atoms with Crippen LogP contribution < -0.4 is 10.6 Å². The Hall–Kier alpha value is -0.890. The fourth-order valence-corrected chi connectivity index (χ4v) is 3.09. The number of guanidine groups is 1. The smallest absolute Gasteiger partial charge is 0.191 e. The lowest BCUT2D eigenvalue weighted by Gasteiger charge is -2.34. The number of hydrogen-bond acceptors (Lipinski definition) is 5. The molecule has 1 saturated heterocycles. The molecule has 7 heteroatoms. The number of methoxy groups -OCH3 is 1. The number of aliphatic imine (C=N–C) groups is 1. The van der Waals surface area contributed by atoms with Gasteiger partial charge in [0.05, 0.1) is 26.4 Å². The van der Waals surface area contributed by atoms with Gasteiger partial charge in [0.25, 0.3) is 0 Å². The van der Waals surface area contributed by atoms with Crippen molar-refractivity contribution in [2.45, 2.75) is 33.2 Å². The largest absolute Gasteiger partial charge is 0.383 e. The standard InChI is InChI=1S/C19H41N5O2/c1-6-20-19(21-7-8-23(4)9-12-25-5)22-16-18(15-17(2)3)24-10-13-26-14-11-24/h17-18H,6-16H2,1-5H3,(H2,20,21,22). The van der Waals surface area contributed by atoms with Crippen LogP contribution in [0.25, 0.3) is 0 Å². The highest BCUT2D eigenvalue weighted by molar-refractivity contribution is 5.79. The van der Waals surface area contributed by atoms with Crippen LogP contribution in [0.5, 0.6) is 0 Å². The fourth-order valence-electron chi connectivity index (χ4n) is 3.09. The van der Waals surface area contributed by atoms with Crippen LogP contribution in [0.1, 0.15) is 27.2 Å². The number of nitrogens with zero attached hydrogens (tertiary/aromatic N) is 3. The van der Waals surface area contributed by atoms with E-state index in [0.717, 1.165) is 71.6 Å². The maximum Gasteiger partial charge on any atom is 0.191 e. The number of hydrogen-bond donors (Lipinski definition) is 2. The Morgan fingerprint density at radius 1 is 1.23 bits per heavy atom. The molecule has 0 amide bonds. The van der Waals surface area contributed by atoms with E-state index in [1.807, 2.05) is 0 Å². The zero-order valence-electron chi connectivity index (χ0n) is 17.6. The van der Waals surface area contributed by atoms with E-state index in [2.05, 4.69) is 48.3 Å². The summed E-state index contributed by atoms with van der Waals surface area (Å²) in [6.07, 6.45) is 1.17. The van der Waals surface area contributed by atoms with Crippen LogP contribution in [0.2, 0.25) is 0 Å². The van der Waals surface area contributed by atoms with Crippen LogP contribution in [-0.2, 0) is 9.47 Å². The van der Waals surface area contributed by atoms with Crippen molar-refractivity contribution < 1.29 is 9.47 Å². The van der Waals surface area contributed by atoms with E-state index in [9.17, 15) is 0 Å². The molecule has 0 aromatic carbocycles. The molecule has 0 aliphatic carbocycles. The molecule has 0 saturated carbocycles. The lowest BCUT2D eigenvalue weighted by molar-refractivity contribution is 0.0143. The van der Waals surface area contributed by atoms with Gasteiger partial charge in [0.2, 0.25) is 0 Å². The predicted octanol–water partition coefficient (Wildman–Crippen LogP) is 0.867. The van der Waals surface area contributed by atoms with Gasteiger partial charge in [-0.05, 0) is 26.3 Å². The summed E-state index contributed by atoms with van der Waals surface area (Å²) in [4.78, 5) is 9.67. The molecule has 0 aromatic heterocycles. The second-order valence-electron chi connectivity index (χ2n) is 7.37. The van der Waals surface area contributed by atoms with Crippen molar-refractivity contribution in [2.75, 3.05) is 79.8 Å². The molecule has 1 heterocycles. The molecule has 0 bridgehead atoms. The first-order valence-electron chi connectivity index (χ1n) is 10.1. The molecule has 1 aliphatic rings. The summed E-state index contributed by atoms with van der Waals surface area (Å²) >= 11 is 0. The molecule has 0 aromatic rings. The Bertz CT molecular complexity index is 373. The zero-order chi connectivity index (χ0) is 19.2. The fraction of sp³-hybridized carbons (Fsp3) is 0.947. The minimum Gasteiger partial charge on any atom is -0.383 e. The van der Waals surface area contributed by atoms with Gasteiger partial charge < -0.3 is 25.0 Å². The summed E-state index contributed by atoms with van der Waals surface area (Å²) in [6.45, 7) is 15.6. The van der Waals surface area contributed by atoms with E-state index in [0.29, 0.717) is 12.0 Å². The minimum absolute atomic E-state index is 0.485. The van der Waals surface area contributed by atoms with Crippen molar-refractivity contribution in [3.63, 3.8) is 0 Å². The first kappa shape index (κ1) is 23.1. The number of ether oxygens (including phenoxy) is 2. The van der Waals surface area contributed by atoms with Crippen molar-refractivity contribution in [3.8, 4) is 0 Å². The molecule has 26 heavy (non-hydrogen) atoms. The quantitative estimate of drug-likeness (QED) is 0.392. The van der Waals surface area contributed by atoms with Gasteiger partial charge in [-0.2, -0.15) is 0 Å². The van der Waals surface area contributed by atoms with Gasteiger partial charge in [-0.15, -0.1) is 0 Å². The van der Waals surface area contributed by atoms with E-state index in [-0.39, 0.29) is 0 Å². The second kappa shape index (κ2) is 14.2. The van der Waals surface area contributed by atoms with Gasteiger partial charge >= 0.3 is 0 Å². The van der Waals surface area contributed by atoms with Gasteiger partial charge in [-0.25, -0.2) is 0 Å². The van der Waals surface area contributed by atoms with E-state index < -0.39 is 0 Å². The maximum atomic E-state index is 5.51. The van der Waals surface area contributed by atoms with Crippen LogP contribution in [-0.4, -0.2) is 102 Å². The summed E-state index contributed by atoms with van der Waals surface area (Å²) in [7, 11) is 3.85. The molecule has 7 nitrogen and oxygen atoms in total. The third-order valence-corrected chi connectivity index (χ3v) is 4.57. The molecule has 0 spiro atoms. The van der Waals surface area contributed by atoms with Crippen molar-refractivity contribution in [1.82, 2.24) is 20.4 Å². The molecular weight excluding hydrogens is 330 g/mol. The minimum atomic E-state index is 0.485. The molecule has 0 radical (unpaired) electrons. The van der Waals surface area contributed by atoms with Crippen LogP contribution in [0.15, 0.2) is 4.99 Å². The topological polar surface area (TPSA) is 61.4 Å². The first-order chi connectivity index (χ1) is 12.6. The summed E-state index contributed by atoms with van der Waals surface area (Å²) in [6, 6.07) is 0.485. The van der Waals surface area contributed by atoms with Crippen molar-refractivity contribution >= 4 is 5.96 Å². The van der Waals surface area contributed by atoms with Gasteiger partial charge in [0, 0.05) is 52.4 Å². The van der Waals surface area contributed by atoms with Crippen LogP contribution in [0.3, 0.4) is 0 Å². The molecule has 2 N–H and O–H groups in total. The highest BCUT2D eigenvalue weighted by Gasteiger charge is 2.21. The van der Waals surface area contributed by atoms with E-state index in [1.54, 1.807) is 7.11 Å². The van der Waals surface area contributed by atoms with E-state index in [1.165, 1.54) is 6.42 Å². The van der Waals surface area contributed by atoms with Gasteiger partial charge in [0.15, 0.2) is 5.96 Å². The van der Waals surface area contributed by atoms with Crippen LogP contribution in [0.4, 0.5) is 0 Å². The Morgan fingerprint density at radius 3 is 2.58 bits per heavy atom. The first-order valence-corrected chi connectivity index (χ1v) is 10.1. The average Bonchev–Trinajstić information content (AvgIpc) is 2.63. The zero-order valence-corrected chi connectivity index (χ0v) is 17.6. The number of rotatable bonds is 12. The summed E-state index contributed by atoms with van der Waals surface area (Å²) in [5.41, 5.74) is 0. The molecule has 1 unspecified atom stereocenters. The Morgan fingerprint density at radius 2 is 1.96 bits per heavy atom. The lowest BCUT2D eigenvalue weighted by Crippen LogP contribution is -2.47. The van der Waals surface area contributed by atoms with Crippen molar-refractivity contribution in [1.29, 1.82) is 0 Å². The predicted molar refractivity (Wildman–Crippen MR) is 109 cm³/mol. The Balaban J connectivity index is 2.51. The normalized spacial score (nSPS) is 17.7. The third kappa shape index (κ3) is 10.3. The highest BCUT2D eigenvalue weighted by atomic mass is 16.5. The number of likely N-dealkylation sites (N-methyl/N-ethyl adjacent to an activating group) is 1. The molecular formula is C19H41N5O2. The van der Waals surface area contributed by atoms with Crippen LogP contribution >= 0.6 is 0 Å². The second-order valence-corrected chi connectivity index (χ2v) is 7.37. The maximum absolute atomic E-state index is 5.51. The molecule has 154 valence electrons. The molecule has 1 aliphatic heterocycles. The lowest BCUT2D eigenvalue weighted by atomic mass is 10.0. The number of morpholine rings is 1. The van der Waals surface area contributed by atoms with E-state index in [4.69, 9.17) is 14.5 Å². The number of nitrogens with one attached hydrogen (secondary N) is 2. The van der Waals surface area contributed by atoms with Crippen molar-refractivity contribution in [2.24, 2.45) is 10.9 Å². The highest BCUT2D eigenvalue weighted by Crippen LogP contribution is 2.14. The van der Waals surface area contributed by atoms with Crippen molar-refractivity contribution in [3.05, 3.63) is 0 Å². The Labute approximate surface area is 160 Å². The van der Waals surface area contributed by atoms with Gasteiger partial charge in [0.1, 0.15) is 0 Å². The molecule has 1 rings (SSSR count). The average molecular weight is 372 g/mol. The van der Waals surface area contributed by atoms with Crippen LogP contribution in [0, 0.1) is 5.92 Å². The van der Waals surface area contributed by atoms with E-state index >= 15 is 0 Å².